The van der Waals surface area contributed by atoms with Crippen molar-refractivity contribution in [1.29, 1.82) is 0 Å². The molecule has 0 aromatic heterocycles. The number of benzene rings is 2. The van der Waals surface area contributed by atoms with Crippen molar-refractivity contribution in [3.05, 3.63) is 58.9 Å². The molecule has 0 radical (unpaired) electrons. The van der Waals surface area contributed by atoms with E-state index in [0.29, 0.717) is 36.5 Å². The first-order valence-corrected chi connectivity index (χ1v) is 11.2. The van der Waals surface area contributed by atoms with Crippen LogP contribution in [-0.2, 0) is 11.6 Å². The fourth-order valence-electron chi connectivity index (χ4n) is 5.61. The number of hydrogen-bond donors (Lipinski definition) is 1. The third-order valence-electron chi connectivity index (χ3n) is 7.20. The molecule has 3 atom stereocenters. The number of hydrogen-bond acceptors (Lipinski definition) is 4. The lowest BCUT2D eigenvalue weighted by atomic mass is 9.63. The summed E-state index contributed by atoms with van der Waals surface area (Å²) in [5.41, 5.74) is -0.439. The summed E-state index contributed by atoms with van der Waals surface area (Å²) in [5.74, 6) is -0.423. The fourth-order valence-corrected chi connectivity index (χ4v) is 5.61. The topological polar surface area (TPSA) is 50.8 Å². The Morgan fingerprint density at radius 2 is 1.85 bits per heavy atom. The van der Waals surface area contributed by atoms with Crippen molar-refractivity contribution in [3.63, 3.8) is 0 Å². The van der Waals surface area contributed by atoms with E-state index in [1.165, 1.54) is 0 Å². The molecular formula is C25H28F4N2O3. The molecule has 184 valence electrons. The minimum absolute atomic E-state index is 0.101. The zero-order valence-electron chi connectivity index (χ0n) is 19.3. The third-order valence-corrected chi connectivity index (χ3v) is 7.20. The molecule has 1 amide bonds. The van der Waals surface area contributed by atoms with E-state index in [0.717, 1.165) is 31.1 Å². The first kappa shape index (κ1) is 24.3. The third kappa shape index (κ3) is 4.45. The van der Waals surface area contributed by atoms with Gasteiger partial charge in [-0.05, 0) is 68.1 Å². The summed E-state index contributed by atoms with van der Waals surface area (Å²) in [7, 11) is 5.27. The predicted molar refractivity (Wildman–Crippen MR) is 119 cm³/mol. The Kier molecular flexibility index (Phi) is 6.50. The number of likely N-dealkylation sites (tertiary alicyclic amines) is 1. The number of rotatable bonds is 5. The smallest absolute Gasteiger partial charge is 0.419 e. The highest BCUT2D eigenvalue weighted by molar-refractivity contribution is 5.94. The van der Waals surface area contributed by atoms with Crippen molar-refractivity contribution in [2.45, 2.75) is 36.9 Å². The van der Waals surface area contributed by atoms with E-state index < -0.39 is 23.5 Å². The molecule has 5 nitrogen and oxygen atoms in total. The molecule has 2 aliphatic rings. The van der Waals surface area contributed by atoms with Crippen LogP contribution in [0.1, 0.15) is 40.7 Å². The molecule has 2 aromatic rings. The van der Waals surface area contributed by atoms with Gasteiger partial charge in [0, 0.05) is 30.1 Å². The molecule has 9 heteroatoms. The standard InChI is InChI=1S/C25H28F4N2O3/c1-31-13-17-11-18(30-23(32)15-4-6-19(20(26)10-15)25(27,28)29)8-9-24(17,14-31)16-5-7-21(33-2)22(12-16)34-3/h4-7,10,12,17-18H,8-9,11,13-14H2,1-3H3,(H,30,32)/t17-,18-,24+/m1/s1. The minimum atomic E-state index is -4.80. The van der Waals surface area contributed by atoms with Crippen LogP contribution in [0.3, 0.4) is 0 Å². The average molecular weight is 481 g/mol. The number of methoxy groups -OCH3 is 2. The highest BCUT2D eigenvalue weighted by Crippen LogP contribution is 2.49. The molecule has 1 saturated heterocycles. The first-order chi connectivity index (χ1) is 16.1. The molecule has 1 aliphatic carbocycles. The molecule has 34 heavy (non-hydrogen) atoms. The van der Waals surface area contributed by atoms with Crippen molar-refractivity contribution in [3.8, 4) is 11.5 Å². The molecule has 1 aliphatic heterocycles. The van der Waals surface area contributed by atoms with Crippen LogP contribution in [0, 0.1) is 11.7 Å². The summed E-state index contributed by atoms with van der Waals surface area (Å²) in [6.45, 7) is 1.73. The molecule has 4 rings (SSSR count). The minimum Gasteiger partial charge on any atom is -0.493 e. The summed E-state index contributed by atoms with van der Waals surface area (Å²) < 4.78 is 63.3. The molecule has 0 spiro atoms. The van der Waals surface area contributed by atoms with Crippen molar-refractivity contribution < 1.29 is 31.8 Å². The highest BCUT2D eigenvalue weighted by Gasteiger charge is 2.50. The van der Waals surface area contributed by atoms with E-state index >= 15 is 0 Å². The second-order valence-electron chi connectivity index (χ2n) is 9.26. The molecule has 1 heterocycles. The summed E-state index contributed by atoms with van der Waals surface area (Å²) in [6, 6.07) is 8.12. The van der Waals surface area contributed by atoms with Crippen molar-refractivity contribution in [2.75, 3.05) is 34.4 Å². The van der Waals surface area contributed by atoms with Crippen LogP contribution in [0.25, 0.3) is 0 Å². The van der Waals surface area contributed by atoms with Crippen molar-refractivity contribution >= 4 is 5.91 Å². The van der Waals surface area contributed by atoms with Gasteiger partial charge in [0.05, 0.1) is 19.8 Å². The Balaban J connectivity index is 1.51. The number of halogens is 4. The van der Waals surface area contributed by atoms with Gasteiger partial charge in [0.25, 0.3) is 5.91 Å². The Labute approximate surface area is 196 Å². The van der Waals surface area contributed by atoms with Gasteiger partial charge in [-0.25, -0.2) is 4.39 Å². The van der Waals surface area contributed by atoms with Gasteiger partial charge in [-0.15, -0.1) is 0 Å². The average Bonchev–Trinajstić information content (AvgIpc) is 3.13. The van der Waals surface area contributed by atoms with Gasteiger partial charge < -0.3 is 19.7 Å². The normalized spacial score (nSPS) is 25.0. The van der Waals surface area contributed by atoms with Crippen LogP contribution < -0.4 is 14.8 Å². The number of likely N-dealkylation sites (N-methyl/N-ethyl adjacent to an activating group) is 1. The van der Waals surface area contributed by atoms with Crippen LogP contribution in [0.5, 0.6) is 11.5 Å². The molecule has 0 bridgehead atoms. The largest absolute Gasteiger partial charge is 0.493 e. The number of nitrogens with one attached hydrogen (secondary N) is 1. The Hall–Kier alpha value is -2.81. The van der Waals surface area contributed by atoms with Gasteiger partial charge in [-0.1, -0.05) is 6.07 Å². The summed E-state index contributed by atoms with van der Waals surface area (Å²) in [4.78, 5) is 15.0. The van der Waals surface area contributed by atoms with Gasteiger partial charge in [0.15, 0.2) is 11.5 Å². The van der Waals surface area contributed by atoms with Gasteiger partial charge in [0.1, 0.15) is 5.82 Å². The number of carbonyl (C=O) groups is 1. The van der Waals surface area contributed by atoms with E-state index in [1.54, 1.807) is 14.2 Å². The predicted octanol–water partition coefficient (Wildman–Crippen LogP) is 4.64. The Bertz CT molecular complexity index is 1070. The number of carbonyl (C=O) groups excluding carboxylic acids is 1. The lowest BCUT2D eigenvalue weighted by molar-refractivity contribution is -0.140. The monoisotopic (exact) mass is 480 g/mol. The SMILES string of the molecule is COc1ccc([C@@]23CC[C@@H](NC(=O)c4ccc(C(F)(F)F)c(F)c4)C[C@@H]2CN(C)C3)cc1OC. The molecule has 1 saturated carbocycles. The number of ether oxygens (including phenoxy) is 2. The second kappa shape index (κ2) is 9.09. The van der Waals surface area contributed by atoms with Crippen LogP contribution >= 0.6 is 0 Å². The van der Waals surface area contributed by atoms with E-state index in [9.17, 15) is 22.4 Å². The number of alkyl halides is 3. The second-order valence-corrected chi connectivity index (χ2v) is 9.26. The van der Waals surface area contributed by atoms with Crippen LogP contribution in [0.15, 0.2) is 36.4 Å². The van der Waals surface area contributed by atoms with Crippen molar-refractivity contribution in [2.24, 2.45) is 5.92 Å². The van der Waals surface area contributed by atoms with Crippen LogP contribution in [-0.4, -0.2) is 51.2 Å². The lowest BCUT2D eigenvalue weighted by Crippen LogP contribution is -2.47. The quantitative estimate of drug-likeness (QED) is 0.634. The lowest BCUT2D eigenvalue weighted by Gasteiger charge is -2.43. The highest BCUT2D eigenvalue weighted by atomic mass is 19.4. The van der Waals surface area contributed by atoms with Gasteiger partial charge in [-0.3, -0.25) is 4.79 Å². The van der Waals surface area contributed by atoms with Crippen LogP contribution in [0.2, 0.25) is 0 Å². The Morgan fingerprint density at radius 3 is 2.50 bits per heavy atom. The first-order valence-electron chi connectivity index (χ1n) is 11.2. The van der Waals surface area contributed by atoms with Gasteiger partial charge >= 0.3 is 6.18 Å². The molecule has 2 aromatic carbocycles. The van der Waals surface area contributed by atoms with Crippen LogP contribution in [0.4, 0.5) is 17.6 Å². The van der Waals surface area contributed by atoms with E-state index in [-0.39, 0.29) is 22.9 Å². The van der Waals surface area contributed by atoms with Gasteiger partial charge in [0.2, 0.25) is 0 Å². The Morgan fingerprint density at radius 1 is 1.12 bits per heavy atom. The summed E-state index contributed by atoms with van der Waals surface area (Å²) >= 11 is 0. The molecular weight excluding hydrogens is 452 g/mol. The molecule has 0 unspecified atom stereocenters. The van der Waals surface area contributed by atoms with E-state index in [1.807, 2.05) is 12.1 Å². The van der Waals surface area contributed by atoms with E-state index in [2.05, 4.69) is 23.3 Å². The maximum absolute atomic E-state index is 13.9. The maximum Gasteiger partial charge on any atom is 0.419 e. The zero-order valence-corrected chi connectivity index (χ0v) is 19.3. The molecule has 1 N–H and O–H groups in total. The summed E-state index contributed by atoms with van der Waals surface area (Å²) in [5, 5.41) is 2.91. The molecule has 2 fully saturated rings. The zero-order chi connectivity index (χ0) is 24.7. The number of amides is 1. The summed E-state index contributed by atoms with van der Waals surface area (Å²) in [6.07, 6.45) is -2.56. The van der Waals surface area contributed by atoms with E-state index in [4.69, 9.17) is 9.47 Å². The number of fused-ring (bicyclic) bond motifs is 1. The van der Waals surface area contributed by atoms with Gasteiger partial charge in [-0.2, -0.15) is 13.2 Å². The maximum atomic E-state index is 13.9. The van der Waals surface area contributed by atoms with Crippen molar-refractivity contribution in [1.82, 2.24) is 10.2 Å². The fraction of sp³-hybridized carbons (Fsp3) is 0.480. The number of nitrogens with zero attached hydrogens (tertiary/aromatic N) is 1.